The van der Waals surface area contributed by atoms with Gasteiger partial charge in [0.05, 0.1) is 5.92 Å². The molecule has 0 aromatic heterocycles. The Morgan fingerprint density at radius 3 is 2.33 bits per heavy atom. The quantitative estimate of drug-likeness (QED) is 0.672. The van der Waals surface area contributed by atoms with E-state index in [1.165, 1.54) is 6.42 Å². The highest BCUT2D eigenvalue weighted by Gasteiger charge is 2.50. The molecule has 3 nitrogen and oxygen atoms in total. The maximum Gasteiger partial charge on any atom is 0.311 e. The van der Waals surface area contributed by atoms with Gasteiger partial charge >= 0.3 is 5.97 Å². The van der Waals surface area contributed by atoms with Gasteiger partial charge in [0, 0.05) is 6.04 Å². The SMILES string of the molecule is CC(C)(C)OC(=O)[C@@H]1C2CCC(C2)[C@@H]1N. The number of ether oxygens (including phenoxy) is 1. The van der Waals surface area contributed by atoms with Crippen LogP contribution in [-0.2, 0) is 9.53 Å². The topological polar surface area (TPSA) is 52.3 Å². The molecule has 2 rings (SSSR count). The fourth-order valence-electron chi connectivity index (χ4n) is 3.06. The van der Waals surface area contributed by atoms with Crippen LogP contribution < -0.4 is 5.73 Å². The Bertz CT molecular complexity index is 267. The molecular weight excluding hydrogens is 190 g/mol. The minimum atomic E-state index is -0.390. The van der Waals surface area contributed by atoms with Crippen molar-refractivity contribution < 1.29 is 9.53 Å². The standard InChI is InChI=1S/C12H21NO2/c1-12(2,3)15-11(14)9-7-4-5-8(6-7)10(9)13/h7-10H,4-6,13H2,1-3H3/t7?,8?,9-,10+/m1/s1. The minimum Gasteiger partial charge on any atom is -0.460 e. The van der Waals surface area contributed by atoms with Crippen molar-refractivity contribution in [2.75, 3.05) is 0 Å². The van der Waals surface area contributed by atoms with Crippen molar-refractivity contribution in [2.45, 2.75) is 51.7 Å². The molecule has 15 heavy (non-hydrogen) atoms. The van der Waals surface area contributed by atoms with Gasteiger partial charge < -0.3 is 10.5 Å². The molecule has 0 saturated heterocycles. The maximum atomic E-state index is 12.0. The molecule has 2 unspecified atom stereocenters. The van der Waals surface area contributed by atoms with Crippen molar-refractivity contribution in [3.05, 3.63) is 0 Å². The Kier molecular flexibility index (Phi) is 2.53. The number of nitrogens with two attached hydrogens (primary N) is 1. The first-order chi connectivity index (χ1) is 6.88. The molecule has 2 aliphatic carbocycles. The molecular formula is C12H21NO2. The highest BCUT2D eigenvalue weighted by Crippen LogP contribution is 2.48. The summed E-state index contributed by atoms with van der Waals surface area (Å²) in [5, 5.41) is 0. The van der Waals surface area contributed by atoms with Crippen LogP contribution >= 0.6 is 0 Å². The second-order valence-electron chi connectivity index (χ2n) is 5.97. The number of fused-ring (bicyclic) bond motifs is 2. The molecule has 0 aromatic carbocycles. The predicted molar refractivity (Wildman–Crippen MR) is 58.1 cm³/mol. The molecule has 2 bridgehead atoms. The molecule has 0 amide bonds. The van der Waals surface area contributed by atoms with Crippen molar-refractivity contribution in [3.8, 4) is 0 Å². The lowest BCUT2D eigenvalue weighted by Crippen LogP contribution is -2.43. The predicted octanol–water partition coefficient (Wildman–Crippen LogP) is 1.70. The zero-order valence-electron chi connectivity index (χ0n) is 9.82. The summed E-state index contributed by atoms with van der Waals surface area (Å²) >= 11 is 0. The van der Waals surface area contributed by atoms with E-state index in [1.54, 1.807) is 0 Å². The van der Waals surface area contributed by atoms with Gasteiger partial charge in [-0.3, -0.25) is 4.79 Å². The smallest absolute Gasteiger partial charge is 0.311 e. The second kappa shape index (κ2) is 3.48. The third kappa shape index (κ3) is 2.03. The Morgan fingerprint density at radius 2 is 1.87 bits per heavy atom. The lowest BCUT2D eigenvalue weighted by molar-refractivity contribution is -0.162. The van der Waals surface area contributed by atoms with Crippen molar-refractivity contribution in [2.24, 2.45) is 23.5 Å². The summed E-state index contributed by atoms with van der Waals surface area (Å²) in [4.78, 5) is 12.0. The van der Waals surface area contributed by atoms with E-state index >= 15 is 0 Å². The highest BCUT2D eigenvalue weighted by molar-refractivity contribution is 5.75. The van der Waals surface area contributed by atoms with Gasteiger partial charge in [0.15, 0.2) is 0 Å². The molecule has 4 atom stereocenters. The molecule has 0 aromatic rings. The molecule has 2 saturated carbocycles. The Balaban J connectivity index is 2.02. The van der Waals surface area contributed by atoms with E-state index in [2.05, 4.69) is 0 Å². The average Bonchev–Trinajstić information content (AvgIpc) is 2.59. The monoisotopic (exact) mass is 211 g/mol. The van der Waals surface area contributed by atoms with Gasteiger partial charge in [0.25, 0.3) is 0 Å². The summed E-state index contributed by atoms with van der Waals surface area (Å²) in [5.41, 5.74) is 5.69. The van der Waals surface area contributed by atoms with Gasteiger partial charge in [0.2, 0.25) is 0 Å². The van der Waals surface area contributed by atoms with Gasteiger partial charge in [-0.05, 0) is 51.9 Å². The molecule has 3 heteroatoms. The molecule has 0 spiro atoms. The lowest BCUT2D eigenvalue weighted by atomic mass is 9.85. The van der Waals surface area contributed by atoms with E-state index in [-0.39, 0.29) is 17.9 Å². The summed E-state index contributed by atoms with van der Waals surface area (Å²) in [6.45, 7) is 5.72. The highest BCUT2D eigenvalue weighted by atomic mass is 16.6. The number of carbonyl (C=O) groups is 1. The maximum absolute atomic E-state index is 12.0. The Morgan fingerprint density at radius 1 is 1.27 bits per heavy atom. The van der Waals surface area contributed by atoms with E-state index in [4.69, 9.17) is 10.5 Å². The number of rotatable bonds is 1. The van der Waals surface area contributed by atoms with Gasteiger partial charge in [-0.2, -0.15) is 0 Å². The third-order valence-electron chi connectivity index (χ3n) is 3.66. The van der Waals surface area contributed by atoms with Crippen molar-refractivity contribution in [1.29, 1.82) is 0 Å². The molecule has 2 fully saturated rings. The van der Waals surface area contributed by atoms with E-state index < -0.39 is 5.60 Å². The zero-order chi connectivity index (χ0) is 11.2. The second-order valence-corrected chi connectivity index (χ2v) is 5.97. The van der Waals surface area contributed by atoms with Crippen molar-refractivity contribution >= 4 is 5.97 Å². The fourth-order valence-corrected chi connectivity index (χ4v) is 3.06. The summed E-state index contributed by atoms with van der Waals surface area (Å²) in [6.07, 6.45) is 3.48. The van der Waals surface area contributed by atoms with Gasteiger partial charge in [0.1, 0.15) is 5.60 Å². The van der Waals surface area contributed by atoms with E-state index in [1.807, 2.05) is 20.8 Å². The van der Waals surface area contributed by atoms with Crippen LogP contribution in [0.5, 0.6) is 0 Å². The van der Waals surface area contributed by atoms with Gasteiger partial charge in [-0.25, -0.2) is 0 Å². The van der Waals surface area contributed by atoms with Crippen LogP contribution in [0.15, 0.2) is 0 Å². The molecule has 86 valence electrons. The van der Waals surface area contributed by atoms with E-state index in [0.717, 1.165) is 12.8 Å². The van der Waals surface area contributed by atoms with E-state index in [0.29, 0.717) is 11.8 Å². The first-order valence-electron chi connectivity index (χ1n) is 5.87. The summed E-state index contributed by atoms with van der Waals surface area (Å²) in [6, 6.07) is 0.0404. The van der Waals surface area contributed by atoms with Gasteiger partial charge in [-0.15, -0.1) is 0 Å². The summed E-state index contributed by atoms with van der Waals surface area (Å²) in [5.74, 6) is 0.928. The van der Waals surface area contributed by atoms with Crippen LogP contribution in [0.1, 0.15) is 40.0 Å². The average molecular weight is 211 g/mol. The van der Waals surface area contributed by atoms with E-state index in [9.17, 15) is 4.79 Å². The largest absolute Gasteiger partial charge is 0.460 e. The molecule has 0 aliphatic heterocycles. The number of hydrogen-bond acceptors (Lipinski definition) is 3. The number of carbonyl (C=O) groups excluding carboxylic acids is 1. The fraction of sp³-hybridized carbons (Fsp3) is 0.917. The first-order valence-corrected chi connectivity index (χ1v) is 5.87. The minimum absolute atomic E-state index is 0.0389. The van der Waals surface area contributed by atoms with Crippen LogP contribution in [0.3, 0.4) is 0 Å². The van der Waals surface area contributed by atoms with Crippen LogP contribution in [-0.4, -0.2) is 17.6 Å². The van der Waals surface area contributed by atoms with Crippen LogP contribution in [0, 0.1) is 17.8 Å². The molecule has 2 N–H and O–H groups in total. The lowest BCUT2D eigenvalue weighted by Gasteiger charge is -2.29. The summed E-state index contributed by atoms with van der Waals surface area (Å²) < 4.78 is 5.43. The summed E-state index contributed by atoms with van der Waals surface area (Å²) in [7, 11) is 0. The number of hydrogen-bond donors (Lipinski definition) is 1. The normalized spacial score (nSPS) is 39.5. The van der Waals surface area contributed by atoms with Gasteiger partial charge in [-0.1, -0.05) is 0 Å². The Hall–Kier alpha value is -0.570. The molecule has 2 aliphatic rings. The van der Waals surface area contributed by atoms with Crippen LogP contribution in [0.4, 0.5) is 0 Å². The van der Waals surface area contributed by atoms with Crippen LogP contribution in [0.25, 0.3) is 0 Å². The first kappa shape index (κ1) is 10.9. The van der Waals surface area contributed by atoms with Crippen molar-refractivity contribution in [1.82, 2.24) is 0 Å². The molecule has 0 heterocycles. The third-order valence-corrected chi connectivity index (χ3v) is 3.66. The number of esters is 1. The van der Waals surface area contributed by atoms with Crippen molar-refractivity contribution in [3.63, 3.8) is 0 Å². The zero-order valence-corrected chi connectivity index (χ0v) is 9.82. The van der Waals surface area contributed by atoms with Crippen LogP contribution in [0.2, 0.25) is 0 Å². The molecule has 0 radical (unpaired) electrons. The Labute approximate surface area is 91.4 Å².